The van der Waals surface area contributed by atoms with Gasteiger partial charge in [-0.15, -0.1) is 0 Å². The predicted octanol–water partition coefficient (Wildman–Crippen LogP) is 2.26. The van der Waals surface area contributed by atoms with Crippen molar-refractivity contribution in [2.24, 2.45) is 5.92 Å². The molecule has 1 aromatic heterocycles. The molecule has 0 N–H and O–H groups in total. The lowest BCUT2D eigenvalue weighted by atomic mass is 10.0. The molecule has 5 nitrogen and oxygen atoms in total. The standard InChI is InChI=1S/C19H28N2O3/c1-2-8-20-16(3-1)13-21-9-12-23-19-17(21)4-5-18(19)24-14-15-6-10-22-11-7-15/h1-3,8,15,17-19H,4-7,9-14H2/t17-,18+,19+/m0/s1. The molecule has 3 aliphatic rings. The number of morpholine rings is 1. The highest BCUT2D eigenvalue weighted by Gasteiger charge is 2.43. The van der Waals surface area contributed by atoms with Gasteiger partial charge < -0.3 is 14.2 Å². The second-order valence-electron chi connectivity index (χ2n) is 7.20. The highest BCUT2D eigenvalue weighted by Crippen LogP contribution is 2.33. The molecule has 0 aromatic carbocycles. The molecule has 0 unspecified atom stereocenters. The van der Waals surface area contributed by atoms with Crippen molar-refractivity contribution in [1.82, 2.24) is 9.88 Å². The van der Waals surface area contributed by atoms with Crippen LogP contribution in [0.2, 0.25) is 0 Å². The molecule has 24 heavy (non-hydrogen) atoms. The minimum Gasteiger partial charge on any atom is -0.381 e. The van der Waals surface area contributed by atoms with E-state index in [9.17, 15) is 0 Å². The summed E-state index contributed by atoms with van der Waals surface area (Å²) in [5.74, 6) is 0.658. The lowest BCUT2D eigenvalue weighted by Crippen LogP contribution is -2.51. The van der Waals surface area contributed by atoms with Crippen molar-refractivity contribution in [1.29, 1.82) is 0 Å². The Kier molecular flexibility index (Phi) is 5.43. The Bertz CT molecular complexity index is 507. The summed E-state index contributed by atoms with van der Waals surface area (Å²) in [5.41, 5.74) is 1.14. The first-order chi connectivity index (χ1) is 11.9. The van der Waals surface area contributed by atoms with Crippen LogP contribution in [0.15, 0.2) is 24.4 Å². The van der Waals surface area contributed by atoms with Gasteiger partial charge in [-0.25, -0.2) is 0 Å². The maximum Gasteiger partial charge on any atom is 0.0992 e. The van der Waals surface area contributed by atoms with Crippen molar-refractivity contribution in [3.05, 3.63) is 30.1 Å². The van der Waals surface area contributed by atoms with E-state index in [1.807, 2.05) is 12.3 Å². The van der Waals surface area contributed by atoms with Gasteiger partial charge in [0.25, 0.3) is 0 Å². The van der Waals surface area contributed by atoms with Gasteiger partial charge in [0.15, 0.2) is 0 Å². The molecule has 3 heterocycles. The molecule has 1 aliphatic carbocycles. The summed E-state index contributed by atoms with van der Waals surface area (Å²) in [6.45, 7) is 5.34. The molecular weight excluding hydrogens is 304 g/mol. The molecule has 2 saturated heterocycles. The lowest BCUT2D eigenvalue weighted by molar-refractivity contribution is -0.122. The number of hydrogen-bond donors (Lipinski definition) is 0. The molecule has 5 heteroatoms. The van der Waals surface area contributed by atoms with Crippen LogP contribution in [0.4, 0.5) is 0 Å². The quantitative estimate of drug-likeness (QED) is 0.827. The number of hydrogen-bond acceptors (Lipinski definition) is 5. The fraction of sp³-hybridized carbons (Fsp3) is 0.737. The third-order valence-electron chi connectivity index (χ3n) is 5.63. The molecule has 0 amide bonds. The maximum atomic E-state index is 6.29. The fourth-order valence-electron chi connectivity index (χ4n) is 4.24. The zero-order valence-corrected chi connectivity index (χ0v) is 14.3. The summed E-state index contributed by atoms with van der Waals surface area (Å²) in [7, 11) is 0. The molecule has 0 bridgehead atoms. The van der Waals surface area contributed by atoms with Crippen LogP contribution in [-0.4, -0.2) is 61.1 Å². The molecule has 3 fully saturated rings. The first kappa shape index (κ1) is 16.5. The largest absolute Gasteiger partial charge is 0.381 e. The van der Waals surface area contributed by atoms with Gasteiger partial charge in [-0.05, 0) is 43.7 Å². The van der Waals surface area contributed by atoms with Gasteiger partial charge in [0, 0.05) is 38.5 Å². The smallest absolute Gasteiger partial charge is 0.0992 e. The van der Waals surface area contributed by atoms with E-state index in [0.29, 0.717) is 12.0 Å². The van der Waals surface area contributed by atoms with Gasteiger partial charge in [-0.3, -0.25) is 9.88 Å². The van der Waals surface area contributed by atoms with E-state index in [2.05, 4.69) is 22.0 Å². The van der Waals surface area contributed by atoms with Crippen molar-refractivity contribution in [3.8, 4) is 0 Å². The monoisotopic (exact) mass is 332 g/mol. The first-order valence-electron chi connectivity index (χ1n) is 9.35. The minimum atomic E-state index is 0.224. The minimum absolute atomic E-state index is 0.224. The van der Waals surface area contributed by atoms with E-state index in [-0.39, 0.29) is 12.2 Å². The van der Waals surface area contributed by atoms with Gasteiger partial charge in [0.2, 0.25) is 0 Å². The van der Waals surface area contributed by atoms with E-state index in [1.54, 1.807) is 0 Å². The second-order valence-corrected chi connectivity index (χ2v) is 7.20. The predicted molar refractivity (Wildman–Crippen MR) is 90.7 cm³/mol. The molecular formula is C19H28N2O3. The molecule has 4 rings (SSSR count). The third kappa shape index (κ3) is 3.80. The van der Waals surface area contributed by atoms with Crippen LogP contribution in [0, 0.1) is 5.92 Å². The van der Waals surface area contributed by atoms with Crippen molar-refractivity contribution in [3.63, 3.8) is 0 Å². The molecule has 0 spiro atoms. The van der Waals surface area contributed by atoms with Gasteiger partial charge in [0.1, 0.15) is 0 Å². The Labute approximate surface area is 144 Å². The van der Waals surface area contributed by atoms with Gasteiger partial charge in [-0.1, -0.05) is 6.07 Å². The van der Waals surface area contributed by atoms with Crippen LogP contribution in [0.1, 0.15) is 31.4 Å². The third-order valence-corrected chi connectivity index (χ3v) is 5.63. The maximum absolute atomic E-state index is 6.29. The average Bonchev–Trinajstić information content (AvgIpc) is 3.06. The summed E-state index contributed by atoms with van der Waals surface area (Å²) < 4.78 is 17.8. The van der Waals surface area contributed by atoms with E-state index < -0.39 is 0 Å². The zero-order chi connectivity index (χ0) is 16.2. The first-order valence-corrected chi connectivity index (χ1v) is 9.35. The van der Waals surface area contributed by atoms with E-state index in [1.165, 1.54) is 0 Å². The van der Waals surface area contributed by atoms with Crippen LogP contribution in [0.25, 0.3) is 0 Å². The Morgan fingerprint density at radius 3 is 2.88 bits per heavy atom. The summed E-state index contributed by atoms with van der Waals surface area (Å²) in [6, 6.07) is 6.62. The van der Waals surface area contributed by atoms with Crippen molar-refractivity contribution < 1.29 is 14.2 Å². The SMILES string of the molecule is c1ccc(CN2CCO[C@H]3[C@H](OCC4CCOCC4)CC[C@@H]32)nc1. The summed E-state index contributed by atoms with van der Waals surface area (Å²) >= 11 is 0. The van der Waals surface area contributed by atoms with Crippen molar-refractivity contribution in [2.45, 2.75) is 50.5 Å². The lowest BCUT2D eigenvalue weighted by Gasteiger charge is -2.39. The Morgan fingerprint density at radius 1 is 1.12 bits per heavy atom. The van der Waals surface area contributed by atoms with E-state index >= 15 is 0 Å². The Balaban J connectivity index is 1.32. The number of fused-ring (bicyclic) bond motifs is 1. The fourth-order valence-corrected chi connectivity index (χ4v) is 4.24. The average molecular weight is 332 g/mol. The molecule has 0 radical (unpaired) electrons. The molecule has 3 atom stereocenters. The van der Waals surface area contributed by atoms with Gasteiger partial charge in [-0.2, -0.15) is 0 Å². The number of aromatic nitrogens is 1. The number of pyridine rings is 1. The number of nitrogens with zero attached hydrogens (tertiary/aromatic N) is 2. The van der Waals surface area contributed by atoms with Crippen LogP contribution < -0.4 is 0 Å². The van der Waals surface area contributed by atoms with Gasteiger partial charge in [0.05, 0.1) is 31.1 Å². The highest BCUT2D eigenvalue weighted by molar-refractivity contribution is 5.05. The normalized spacial score (nSPS) is 31.9. The van der Waals surface area contributed by atoms with E-state index in [0.717, 1.165) is 70.9 Å². The van der Waals surface area contributed by atoms with E-state index in [4.69, 9.17) is 14.2 Å². The molecule has 1 saturated carbocycles. The van der Waals surface area contributed by atoms with Crippen LogP contribution in [-0.2, 0) is 20.8 Å². The highest BCUT2D eigenvalue weighted by atomic mass is 16.5. The molecule has 1 aromatic rings. The van der Waals surface area contributed by atoms with Gasteiger partial charge >= 0.3 is 0 Å². The van der Waals surface area contributed by atoms with Crippen molar-refractivity contribution >= 4 is 0 Å². The number of rotatable bonds is 5. The van der Waals surface area contributed by atoms with Crippen LogP contribution >= 0.6 is 0 Å². The molecule has 132 valence electrons. The Hall–Kier alpha value is -1.01. The number of ether oxygens (including phenoxy) is 3. The summed E-state index contributed by atoms with van der Waals surface area (Å²) in [5, 5.41) is 0. The topological polar surface area (TPSA) is 43.8 Å². The zero-order valence-electron chi connectivity index (χ0n) is 14.3. The Morgan fingerprint density at radius 2 is 2.04 bits per heavy atom. The second kappa shape index (κ2) is 7.91. The van der Waals surface area contributed by atoms with Crippen LogP contribution in [0.3, 0.4) is 0 Å². The van der Waals surface area contributed by atoms with Crippen LogP contribution in [0.5, 0.6) is 0 Å². The summed E-state index contributed by atoms with van der Waals surface area (Å²) in [4.78, 5) is 7.01. The van der Waals surface area contributed by atoms with Crippen molar-refractivity contribution in [2.75, 3.05) is 33.0 Å². The molecule has 2 aliphatic heterocycles. The summed E-state index contributed by atoms with van der Waals surface area (Å²) in [6.07, 6.45) is 6.89.